The molecule has 3 rings (SSSR count). The third-order valence-electron chi connectivity index (χ3n) is 3.34. The minimum atomic E-state index is -0.141. The van der Waals surface area contributed by atoms with Crippen LogP contribution in [0.4, 0.5) is 5.82 Å². The Morgan fingerprint density at radius 2 is 2.26 bits per heavy atom. The molecule has 0 spiro atoms. The first-order valence-electron chi connectivity index (χ1n) is 6.38. The third kappa shape index (κ3) is 2.08. The summed E-state index contributed by atoms with van der Waals surface area (Å²) in [5.74, 6) is 1.05. The van der Waals surface area contributed by atoms with Gasteiger partial charge in [0.05, 0.1) is 11.7 Å². The van der Waals surface area contributed by atoms with Gasteiger partial charge in [-0.2, -0.15) is 5.10 Å². The van der Waals surface area contributed by atoms with Crippen LogP contribution >= 0.6 is 11.3 Å². The Bertz CT molecular complexity index is 607. The molecule has 100 valence electrons. The monoisotopic (exact) mass is 275 g/mol. The second-order valence-electron chi connectivity index (χ2n) is 5.85. The number of hydrogen-bond acceptors (Lipinski definition) is 3. The number of thiophene rings is 1. The van der Waals surface area contributed by atoms with E-state index < -0.39 is 0 Å². The molecule has 4 nitrogen and oxygen atoms in total. The molecular formula is C14H17N3OS. The van der Waals surface area contributed by atoms with Gasteiger partial charge >= 0.3 is 0 Å². The smallest absolute Gasteiger partial charge is 0.226 e. The molecule has 0 saturated heterocycles. The van der Waals surface area contributed by atoms with E-state index in [9.17, 15) is 4.79 Å². The van der Waals surface area contributed by atoms with E-state index >= 15 is 0 Å². The largest absolute Gasteiger partial charge is 0.311 e. The molecule has 0 aromatic carbocycles. The summed E-state index contributed by atoms with van der Waals surface area (Å²) in [5, 5.41) is 9.49. The number of carbonyl (C=O) groups is 1. The van der Waals surface area contributed by atoms with Crippen molar-refractivity contribution in [1.29, 1.82) is 0 Å². The van der Waals surface area contributed by atoms with Gasteiger partial charge < -0.3 is 5.32 Å². The van der Waals surface area contributed by atoms with Crippen LogP contribution in [0.15, 0.2) is 23.7 Å². The summed E-state index contributed by atoms with van der Waals surface area (Å²) in [6.07, 6.45) is 2.40. The Labute approximate surface area is 116 Å². The highest BCUT2D eigenvalue weighted by Gasteiger charge is 2.32. The normalized spacial score (nSPS) is 19.1. The van der Waals surface area contributed by atoms with Gasteiger partial charge in [0.15, 0.2) is 0 Å². The number of nitrogens with zero attached hydrogens (tertiary/aromatic N) is 2. The molecule has 1 amide bonds. The first-order chi connectivity index (χ1) is 8.97. The standard InChI is InChI=1S/C14H17N3OS/c1-14(2,3)17-13-10(8-15-17)9(7-12(18)16-13)11-5-4-6-19-11/h4-6,8-9H,7H2,1-3H3,(H,16,18)/t9-/m0/s1. The van der Waals surface area contributed by atoms with Gasteiger partial charge in [0, 0.05) is 22.8 Å². The lowest BCUT2D eigenvalue weighted by Gasteiger charge is -2.27. The van der Waals surface area contributed by atoms with Crippen molar-refractivity contribution >= 4 is 23.1 Å². The van der Waals surface area contributed by atoms with Gasteiger partial charge in [0.25, 0.3) is 0 Å². The average molecular weight is 275 g/mol. The van der Waals surface area contributed by atoms with Crippen molar-refractivity contribution in [2.45, 2.75) is 38.6 Å². The van der Waals surface area contributed by atoms with Crippen LogP contribution < -0.4 is 5.32 Å². The molecule has 0 saturated carbocycles. The van der Waals surface area contributed by atoms with Crippen molar-refractivity contribution in [2.75, 3.05) is 5.32 Å². The van der Waals surface area contributed by atoms with Gasteiger partial charge in [-0.25, -0.2) is 4.68 Å². The minimum Gasteiger partial charge on any atom is -0.311 e. The van der Waals surface area contributed by atoms with Crippen LogP contribution in [0.25, 0.3) is 0 Å². The Hall–Kier alpha value is -1.62. The van der Waals surface area contributed by atoms with E-state index in [0.717, 1.165) is 11.4 Å². The maximum Gasteiger partial charge on any atom is 0.226 e. The molecule has 1 atom stereocenters. The van der Waals surface area contributed by atoms with Crippen LogP contribution in [0.2, 0.25) is 0 Å². The van der Waals surface area contributed by atoms with E-state index in [1.54, 1.807) is 11.3 Å². The fourth-order valence-corrected chi connectivity index (χ4v) is 3.32. The first kappa shape index (κ1) is 12.4. The molecular weight excluding hydrogens is 258 g/mol. The van der Waals surface area contributed by atoms with E-state index in [-0.39, 0.29) is 17.4 Å². The van der Waals surface area contributed by atoms with Crippen molar-refractivity contribution in [3.63, 3.8) is 0 Å². The van der Waals surface area contributed by atoms with Crippen molar-refractivity contribution in [3.8, 4) is 0 Å². The molecule has 0 radical (unpaired) electrons. The fraction of sp³-hybridized carbons (Fsp3) is 0.429. The number of fused-ring (bicyclic) bond motifs is 1. The van der Waals surface area contributed by atoms with Crippen LogP contribution in [0.5, 0.6) is 0 Å². The number of carbonyl (C=O) groups excluding carboxylic acids is 1. The van der Waals surface area contributed by atoms with Crippen LogP contribution in [0, 0.1) is 0 Å². The molecule has 2 aromatic heterocycles. The van der Waals surface area contributed by atoms with Crippen LogP contribution in [0.1, 0.15) is 43.6 Å². The summed E-state index contributed by atoms with van der Waals surface area (Å²) in [6.45, 7) is 6.25. The first-order valence-corrected chi connectivity index (χ1v) is 7.26. The second kappa shape index (κ2) is 4.20. The van der Waals surface area contributed by atoms with Crippen molar-refractivity contribution in [2.24, 2.45) is 0 Å². The Morgan fingerprint density at radius 3 is 2.89 bits per heavy atom. The Morgan fingerprint density at radius 1 is 1.47 bits per heavy atom. The zero-order valence-electron chi connectivity index (χ0n) is 11.3. The van der Waals surface area contributed by atoms with Crippen molar-refractivity contribution in [1.82, 2.24) is 9.78 Å². The van der Waals surface area contributed by atoms with Crippen LogP contribution in [-0.2, 0) is 10.3 Å². The molecule has 0 bridgehead atoms. The van der Waals surface area contributed by atoms with Gasteiger partial charge in [-0.1, -0.05) is 6.07 Å². The molecule has 19 heavy (non-hydrogen) atoms. The van der Waals surface area contributed by atoms with Gasteiger partial charge in [0.2, 0.25) is 5.91 Å². The number of aromatic nitrogens is 2. The maximum absolute atomic E-state index is 12.0. The van der Waals surface area contributed by atoms with E-state index in [1.165, 1.54) is 4.88 Å². The van der Waals surface area contributed by atoms with Crippen molar-refractivity contribution in [3.05, 3.63) is 34.2 Å². The van der Waals surface area contributed by atoms with Gasteiger partial charge in [-0.05, 0) is 32.2 Å². The highest BCUT2D eigenvalue weighted by molar-refractivity contribution is 7.10. The summed E-state index contributed by atoms with van der Waals surface area (Å²) in [7, 11) is 0. The summed E-state index contributed by atoms with van der Waals surface area (Å²) in [5.41, 5.74) is 0.982. The van der Waals surface area contributed by atoms with Crippen molar-refractivity contribution < 1.29 is 4.79 Å². The number of hydrogen-bond donors (Lipinski definition) is 1. The third-order valence-corrected chi connectivity index (χ3v) is 4.33. The molecule has 1 aliphatic rings. The number of amides is 1. The molecule has 5 heteroatoms. The Balaban J connectivity index is 2.11. The maximum atomic E-state index is 12.0. The molecule has 0 unspecified atom stereocenters. The number of rotatable bonds is 1. The van der Waals surface area contributed by atoms with Gasteiger partial charge in [0.1, 0.15) is 5.82 Å². The summed E-state index contributed by atoms with van der Waals surface area (Å²) in [4.78, 5) is 13.2. The minimum absolute atomic E-state index is 0.0666. The van der Waals surface area contributed by atoms with E-state index in [4.69, 9.17) is 0 Å². The highest BCUT2D eigenvalue weighted by atomic mass is 32.1. The number of nitrogens with one attached hydrogen (secondary N) is 1. The SMILES string of the molecule is CC(C)(C)n1ncc2c1NC(=O)C[C@@H]2c1cccs1. The number of anilines is 1. The topological polar surface area (TPSA) is 46.9 Å². The van der Waals surface area contributed by atoms with E-state index in [0.29, 0.717) is 6.42 Å². The van der Waals surface area contributed by atoms with E-state index in [1.807, 2.05) is 16.9 Å². The predicted molar refractivity (Wildman–Crippen MR) is 76.6 cm³/mol. The van der Waals surface area contributed by atoms with Gasteiger partial charge in [-0.15, -0.1) is 11.3 Å². The lowest BCUT2D eigenvalue weighted by Crippen LogP contribution is -2.30. The van der Waals surface area contributed by atoms with E-state index in [2.05, 4.69) is 42.6 Å². The lowest BCUT2D eigenvalue weighted by molar-refractivity contribution is -0.116. The summed E-state index contributed by atoms with van der Waals surface area (Å²) in [6, 6.07) is 4.12. The molecule has 2 aromatic rings. The zero-order chi connectivity index (χ0) is 13.6. The molecule has 1 N–H and O–H groups in total. The quantitative estimate of drug-likeness (QED) is 0.869. The molecule has 3 heterocycles. The lowest BCUT2D eigenvalue weighted by atomic mass is 9.92. The molecule has 0 fully saturated rings. The van der Waals surface area contributed by atoms with Crippen LogP contribution in [-0.4, -0.2) is 15.7 Å². The molecule has 1 aliphatic heterocycles. The Kier molecular flexibility index (Phi) is 2.74. The fourth-order valence-electron chi connectivity index (χ4n) is 2.47. The van der Waals surface area contributed by atoms with Crippen LogP contribution in [0.3, 0.4) is 0 Å². The highest BCUT2D eigenvalue weighted by Crippen LogP contribution is 2.40. The predicted octanol–water partition coefficient (Wildman–Crippen LogP) is 3.17. The zero-order valence-corrected chi connectivity index (χ0v) is 12.1. The summed E-state index contributed by atoms with van der Waals surface area (Å²) >= 11 is 1.69. The van der Waals surface area contributed by atoms with Gasteiger partial charge in [-0.3, -0.25) is 4.79 Å². The molecule has 0 aliphatic carbocycles. The average Bonchev–Trinajstić information content (AvgIpc) is 2.95. The second-order valence-corrected chi connectivity index (χ2v) is 6.83. The summed E-state index contributed by atoms with van der Waals surface area (Å²) < 4.78 is 1.90.